The Bertz CT molecular complexity index is 863. The lowest BCUT2D eigenvalue weighted by molar-refractivity contribution is 0.0952. The van der Waals surface area contributed by atoms with Gasteiger partial charge in [0.05, 0.1) is 6.20 Å². The van der Waals surface area contributed by atoms with Crippen molar-refractivity contribution in [3.8, 4) is 10.6 Å². The highest BCUT2D eigenvalue weighted by Gasteiger charge is 2.23. The average molecular weight is 363 g/mol. The van der Waals surface area contributed by atoms with Crippen molar-refractivity contribution in [2.24, 2.45) is 5.92 Å². The number of anilines is 1. The molecule has 1 saturated heterocycles. The first kappa shape index (κ1) is 16.8. The topological polar surface area (TPSA) is 45.2 Å². The van der Waals surface area contributed by atoms with E-state index in [1.807, 2.05) is 36.4 Å². The summed E-state index contributed by atoms with van der Waals surface area (Å²) in [6.45, 7) is 2.74. The summed E-state index contributed by atoms with van der Waals surface area (Å²) in [5.41, 5.74) is 2.31. The van der Waals surface area contributed by atoms with Crippen molar-refractivity contribution >= 4 is 22.9 Å². The van der Waals surface area contributed by atoms with Gasteiger partial charge in [-0.25, -0.2) is 4.98 Å². The van der Waals surface area contributed by atoms with Gasteiger partial charge < -0.3 is 10.2 Å². The van der Waals surface area contributed by atoms with Crippen LogP contribution in [0.5, 0.6) is 0 Å². The molecule has 2 heterocycles. The second-order valence-electron chi connectivity index (χ2n) is 6.54. The molecule has 1 fully saturated rings. The van der Waals surface area contributed by atoms with Crippen LogP contribution in [0.25, 0.3) is 10.6 Å². The molecule has 5 heteroatoms. The van der Waals surface area contributed by atoms with Crippen molar-refractivity contribution in [1.82, 2.24) is 10.3 Å². The molecule has 1 aliphatic heterocycles. The van der Waals surface area contributed by atoms with E-state index in [1.165, 1.54) is 17.0 Å². The fourth-order valence-corrected chi connectivity index (χ4v) is 4.13. The van der Waals surface area contributed by atoms with E-state index in [-0.39, 0.29) is 5.91 Å². The molecule has 1 atom stereocenters. The number of rotatable bonds is 5. The minimum absolute atomic E-state index is 0.0251. The van der Waals surface area contributed by atoms with Gasteiger partial charge in [-0.15, -0.1) is 11.3 Å². The molecule has 0 unspecified atom stereocenters. The maximum atomic E-state index is 12.4. The Labute approximate surface area is 157 Å². The summed E-state index contributed by atoms with van der Waals surface area (Å²) in [7, 11) is 0. The molecule has 1 aliphatic rings. The number of carbonyl (C=O) groups excluding carboxylic acids is 1. The number of carbonyl (C=O) groups is 1. The van der Waals surface area contributed by atoms with E-state index in [0.29, 0.717) is 17.3 Å². The number of hydrogen-bond acceptors (Lipinski definition) is 4. The van der Waals surface area contributed by atoms with Crippen molar-refractivity contribution in [2.75, 3.05) is 24.5 Å². The van der Waals surface area contributed by atoms with Gasteiger partial charge in [0.15, 0.2) is 0 Å². The van der Waals surface area contributed by atoms with Crippen LogP contribution in [0.1, 0.15) is 16.1 Å². The number of nitrogens with one attached hydrogen (secondary N) is 1. The minimum Gasteiger partial charge on any atom is -0.371 e. The Balaban J connectivity index is 1.32. The van der Waals surface area contributed by atoms with Crippen molar-refractivity contribution < 1.29 is 4.79 Å². The zero-order valence-electron chi connectivity index (χ0n) is 14.5. The quantitative estimate of drug-likeness (QED) is 0.743. The summed E-state index contributed by atoms with van der Waals surface area (Å²) in [6, 6.07) is 20.4. The molecule has 4 rings (SSSR count). The Morgan fingerprint density at radius 2 is 1.85 bits per heavy atom. The second kappa shape index (κ2) is 7.70. The minimum atomic E-state index is -0.0251. The SMILES string of the molecule is O=C(NC[C@@H]1CCN(c2ccccc2)C1)c1cnc(-c2ccccc2)s1. The lowest BCUT2D eigenvalue weighted by atomic mass is 10.1. The summed E-state index contributed by atoms with van der Waals surface area (Å²) in [6.07, 6.45) is 2.78. The number of benzene rings is 2. The highest BCUT2D eigenvalue weighted by molar-refractivity contribution is 7.16. The Morgan fingerprint density at radius 1 is 1.12 bits per heavy atom. The summed E-state index contributed by atoms with van der Waals surface area (Å²) < 4.78 is 0. The van der Waals surface area contributed by atoms with Gasteiger partial charge in [0, 0.05) is 30.9 Å². The average Bonchev–Trinajstić information content (AvgIpc) is 3.37. The molecule has 1 aromatic heterocycles. The van der Waals surface area contributed by atoms with Crippen molar-refractivity contribution in [1.29, 1.82) is 0 Å². The van der Waals surface area contributed by atoms with Gasteiger partial charge in [-0.2, -0.15) is 0 Å². The predicted octanol–water partition coefficient (Wildman–Crippen LogP) is 4.07. The zero-order chi connectivity index (χ0) is 17.8. The molecule has 2 aromatic carbocycles. The number of nitrogens with zero attached hydrogens (tertiary/aromatic N) is 2. The summed E-state index contributed by atoms with van der Waals surface area (Å²) >= 11 is 1.44. The standard InChI is InChI=1S/C21H21N3OS/c25-20(19-14-23-21(26-19)17-7-3-1-4-8-17)22-13-16-11-12-24(15-16)18-9-5-2-6-10-18/h1-10,14,16H,11-13,15H2,(H,22,25)/t16-/m0/s1. The van der Waals surface area contributed by atoms with Crippen molar-refractivity contribution in [3.05, 3.63) is 71.7 Å². The van der Waals surface area contributed by atoms with E-state index in [4.69, 9.17) is 0 Å². The lowest BCUT2D eigenvalue weighted by Gasteiger charge is -2.18. The van der Waals surface area contributed by atoms with Gasteiger partial charge in [0.2, 0.25) is 0 Å². The molecule has 3 aromatic rings. The summed E-state index contributed by atoms with van der Waals surface area (Å²) in [5.74, 6) is 0.462. The van der Waals surface area contributed by atoms with Gasteiger partial charge in [-0.1, -0.05) is 48.5 Å². The monoisotopic (exact) mass is 363 g/mol. The Hall–Kier alpha value is -2.66. The lowest BCUT2D eigenvalue weighted by Crippen LogP contribution is -2.30. The molecule has 132 valence electrons. The molecule has 0 bridgehead atoms. The van der Waals surface area contributed by atoms with Crippen LogP contribution in [0.2, 0.25) is 0 Å². The molecule has 1 N–H and O–H groups in total. The van der Waals surface area contributed by atoms with Gasteiger partial charge in [0.1, 0.15) is 9.88 Å². The predicted molar refractivity (Wildman–Crippen MR) is 107 cm³/mol. The smallest absolute Gasteiger partial charge is 0.263 e. The number of amides is 1. The maximum Gasteiger partial charge on any atom is 0.263 e. The molecule has 0 aliphatic carbocycles. The molecule has 0 spiro atoms. The van der Waals surface area contributed by atoms with Crippen LogP contribution >= 0.6 is 11.3 Å². The molecule has 1 amide bonds. The van der Waals surface area contributed by atoms with Gasteiger partial charge in [0.25, 0.3) is 5.91 Å². The third-order valence-electron chi connectivity index (χ3n) is 4.71. The molecule has 4 nitrogen and oxygen atoms in total. The first-order valence-electron chi connectivity index (χ1n) is 8.89. The number of para-hydroxylation sites is 1. The van der Waals surface area contributed by atoms with Crippen LogP contribution in [0.3, 0.4) is 0 Å². The third kappa shape index (κ3) is 3.78. The van der Waals surface area contributed by atoms with Crippen LogP contribution in [0.4, 0.5) is 5.69 Å². The molecular formula is C21H21N3OS. The second-order valence-corrected chi connectivity index (χ2v) is 7.57. The van der Waals surface area contributed by atoms with E-state index >= 15 is 0 Å². The van der Waals surface area contributed by atoms with Gasteiger partial charge in [-0.3, -0.25) is 4.79 Å². The van der Waals surface area contributed by atoms with Crippen LogP contribution in [0, 0.1) is 5.92 Å². The van der Waals surface area contributed by atoms with Gasteiger partial charge >= 0.3 is 0 Å². The first-order valence-corrected chi connectivity index (χ1v) is 9.71. The Kier molecular flexibility index (Phi) is 4.97. The maximum absolute atomic E-state index is 12.4. The highest BCUT2D eigenvalue weighted by atomic mass is 32.1. The summed E-state index contributed by atoms with van der Waals surface area (Å²) in [5, 5.41) is 3.96. The fourth-order valence-electron chi connectivity index (χ4n) is 3.29. The van der Waals surface area contributed by atoms with E-state index in [2.05, 4.69) is 39.5 Å². The number of hydrogen-bond donors (Lipinski definition) is 1. The molecule has 26 heavy (non-hydrogen) atoms. The van der Waals surface area contributed by atoms with Crippen molar-refractivity contribution in [3.63, 3.8) is 0 Å². The first-order chi connectivity index (χ1) is 12.8. The number of thiazole rings is 1. The van der Waals surface area contributed by atoms with Crippen LogP contribution in [-0.2, 0) is 0 Å². The molecular weight excluding hydrogens is 342 g/mol. The normalized spacial score (nSPS) is 16.6. The van der Waals surface area contributed by atoms with Crippen LogP contribution in [-0.4, -0.2) is 30.5 Å². The van der Waals surface area contributed by atoms with Gasteiger partial charge in [-0.05, 0) is 24.5 Å². The summed E-state index contributed by atoms with van der Waals surface area (Å²) in [4.78, 5) is 19.9. The van der Waals surface area contributed by atoms with E-state index in [1.54, 1.807) is 6.20 Å². The van der Waals surface area contributed by atoms with E-state index in [0.717, 1.165) is 30.1 Å². The third-order valence-corrected chi connectivity index (χ3v) is 5.75. The van der Waals surface area contributed by atoms with E-state index < -0.39 is 0 Å². The fraction of sp³-hybridized carbons (Fsp3) is 0.238. The number of aromatic nitrogens is 1. The Morgan fingerprint density at radius 3 is 2.62 bits per heavy atom. The molecule has 0 saturated carbocycles. The van der Waals surface area contributed by atoms with Crippen molar-refractivity contribution in [2.45, 2.75) is 6.42 Å². The zero-order valence-corrected chi connectivity index (χ0v) is 15.3. The highest BCUT2D eigenvalue weighted by Crippen LogP contribution is 2.25. The van der Waals surface area contributed by atoms with E-state index in [9.17, 15) is 4.79 Å². The molecule has 0 radical (unpaired) electrons. The largest absolute Gasteiger partial charge is 0.371 e. The van der Waals surface area contributed by atoms with Crippen LogP contribution < -0.4 is 10.2 Å². The van der Waals surface area contributed by atoms with Crippen LogP contribution in [0.15, 0.2) is 66.9 Å².